The lowest BCUT2D eigenvalue weighted by molar-refractivity contribution is -0.142. The molecule has 0 saturated heterocycles. The zero-order valence-corrected chi connectivity index (χ0v) is 11.2. The number of carbonyl (C=O) groups excluding carboxylic acids is 2. The van der Waals surface area contributed by atoms with Gasteiger partial charge in [-0.15, -0.1) is 0 Å². The van der Waals surface area contributed by atoms with Gasteiger partial charge < -0.3 is 9.53 Å². The third-order valence-electron chi connectivity index (χ3n) is 3.59. The fraction of sp³-hybridized carbons (Fsp3) is 0.714. The molecule has 0 aromatic rings. The van der Waals surface area contributed by atoms with E-state index in [4.69, 9.17) is 4.74 Å². The van der Waals surface area contributed by atoms with Crippen molar-refractivity contribution in [3.05, 3.63) is 11.6 Å². The minimum atomic E-state index is -0.193. The van der Waals surface area contributed by atoms with E-state index in [1.54, 1.807) is 0 Å². The number of esters is 1. The Balaban J connectivity index is 2.72. The van der Waals surface area contributed by atoms with Crippen LogP contribution in [0.3, 0.4) is 0 Å². The Morgan fingerprint density at radius 2 is 2.18 bits per heavy atom. The second-order valence-corrected chi connectivity index (χ2v) is 5.24. The molecule has 2 unspecified atom stereocenters. The largest absolute Gasteiger partial charge is 0.469 e. The van der Waals surface area contributed by atoms with E-state index in [0.29, 0.717) is 0 Å². The van der Waals surface area contributed by atoms with Crippen molar-refractivity contribution in [3.8, 4) is 0 Å². The van der Waals surface area contributed by atoms with E-state index < -0.39 is 0 Å². The highest BCUT2D eigenvalue weighted by Crippen LogP contribution is 2.58. The van der Waals surface area contributed by atoms with Gasteiger partial charge >= 0.3 is 5.97 Å². The number of hydrogen-bond donors (Lipinski definition) is 0. The van der Waals surface area contributed by atoms with Crippen molar-refractivity contribution < 1.29 is 14.3 Å². The minimum absolute atomic E-state index is 0.0566. The monoisotopic (exact) mass is 238 g/mol. The average Bonchev–Trinajstić information content (AvgIpc) is 2.85. The van der Waals surface area contributed by atoms with E-state index in [0.717, 1.165) is 31.1 Å². The fourth-order valence-electron chi connectivity index (χ4n) is 2.29. The van der Waals surface area contributed by atoms with Gasteiger partial charge in [0.05, 0.1) is 13.0 Å². The summed E-state index contributed by atoms with van der Waals surface area (Å²) in [4.78, 5) is 22.5. The molecule has 0 aliphatic heterocycles. The second kappa shape index (κ2) is 5.48. The summed E-state index contributed by atoms with van der Waals surface area (Å²) in [6.45, 7) is 6.14. The number of unbranched alkanes of at least 4 members (excludes halogenated alkanes) is 1. The molecule has 2 atom stereocenters. The third-order valence-corrected chi connectivity index (χ3v) is 3.59. The molecule has 0 bridgehead atoms. The minimum Gasteiger partial charge on any atom is -0.469 e. The summed E-state index contributed by atoms with van der Waals surface area (Å²) < 4.78 is 4.77. The van der Waals surface area contributed by atoms with Crippen LogP contribution < -0.4 is 0 Å². The predicted molar refractivity (Wildman–Crippen MR) is 66.4 cm³/mol. The maximum atomic E-state index is 11.5. The summed E-state index contributed by atoms with van der Waals surface area (Å²) >= 11 is 0. The number of carbonyl (C=O) groups is 2. The number of methoxy groups -OCH3 is 1. The molecular formula is C14H22O3. The molecule has 1 fully saturated rings. The molecule has 3 nitrogen and oxygen atoms in total. The highest BCUT2D eigenvalue weighted by Gasteiger charge is 2.57. The summed E-state index contributed by atoms with van der Waals surface area (Å²) in [5.41, 5.74) is 0.915. The van der Waals surface area contributed by atoms with Gasteiger partial charge in [-0.05, 0) is 6.42 Å². The van der Waals surface area contributed by atoms with Crippen LogP contribution in [0, 0.1) is 17.3 Å². The molecule has 0 amide bonds. The summed E-state index contributed by atoms with van der Waals surface area (Å²) in [5.74, 6) is -0.406. The van der Waals surface area contributed by atoms with Gasteiger partial charge in [-0.2, -0.15) is 0 Å². The van der Waals surface area contributed by atoms with Gasteiger partial charge in [-0.1, -0.05) is 45.3 Å². The van der Waals surface area contributed by atoms with Crippen molar-refractivity contribution in [2.75, 3.05) is 7.11 Å². The zero-order valence-electron chi connectivity index (χ0n) is 11.2. The Morgan fingerprint density at radius 1 is 1.53 bits per heavy atom. The number of allylic oxidation sites excluding steroid dienone is 1. The first kappa shape index (κ1) is 13.9. The Morgan fingerprint density at radius 3 is 2.65 bits per heavy atom. The van der Waals surface area contributed by atoms with Gasteiger partial charge in [-0.3, -0.25) is 4.79 Å². The molecule has 0 heterocycles. The summed E-state index contributed by atoms with van der Waals surface area (Å²) in [7, 11) is 1.41. The summed E-state index contributed by atoms with van der Waals surface area (Å²) in [6, 6.07) is 0. The van der Waals surface area contributed by atoms with Crippen LogP contribution in [0.5, 0.6) is 0 Å². The van der Waals surface area contributed by atoms with Gasteiger partial charge in [0.15, 0.2) is 0 Å². The van der Waals surface area contributed by atoms with Crippen molar-refractivity contribution in [2.24, 2.45) is 17.3 Å². The summed E-state index contributed by atoms with van der Waals surface area (Å²) in [6.07, 6.45) is 5.93. The van der Waals surface area contributed by atoms with Crippen LogP contribution in [0.25, 0.3) is 0 Å². The highest BCUT2D eigenvalue weighted by molar-refractivity contribution is 5.84. The van der Waals surface area contributed by atoms with Crippen LogP contribution in [-0.4, -0.2) is 19.4 Å². The standard InChI is InChI=1S/C14H22O3/c1-5-6-7-10(9-15)8-11-12(13(16)17-4)14(11,2)3/h8-10,12H,5-7H2,1-4H3. The molecule has 17 heavy (non-hydrogen) atoms. The van der Waals surface area contributed by atoms with E-state index in [-0.39, 0.29) is 23.2 Å². The second-order valence-electron chi connectivity index (χ2n) is 5.24. The molecule has 1 rings (SSSR count). The lowest BCUT2D eigenvalue weighted by Crippen LogP contribution is -2.07. The number of ether oxygens (including phenoxy) is 1. The van der Waals surface area contributed by atoms with Crippen LogP contribution >= 0.6 is 0 Å². The Bertz CT molecular complexity index is 328. The van der Waals surface area contributed by atoms with Crippen molar-refractivity contribution in [1.29, 1.82) is 0 Å². The van der Waals surface area contributed by atoms with Gasteiger partial charge in [0.1, 0.15) is 6.29 Å². The lowest BCUT2D eigenvalue weighted by atomic mass is 10.0. The van der Waals surface area contributed by atoms with Crippen LogP contribution in [0.15, 0.2) is 11.6 Å². The predicted octanol–water partition coefficient (Wildman–Crippen LogP) is 2.75. The van der Waals surface area contributed by atoms with E-state index in [9.17, 15) is 9.59 Å². The first-order valence-corrected chi connectivity index (χ1v) is 6.24. The molecule has 0 aromatic heterocycles. The van der Waals surface area contributed by atoms with Crippen LogP contribution in [0.1, 0.15) is 40.0 Å². The molecule has 1 aliphatic carbocycles. The van der Waals surface area contributed by atoms with Crippen molar-refractivity contribution >= 4 is 12.3 Å². The molecule has 3 heteroatoms. The molecule has 0 spiro atoms. The molecular weight excluding hydrogens is 216 g/mol. The normalized spacial score (nSPS) is 25.4. The van der Waals surface area contributed by atoms with Gasteiger partial charge in [0.25, 0.3) is 0 Å². The van der Waals surface area contributed by atoms with E-state index >= 15 is 0 Å². The van der Waals surface area contributed by atoms with E-state index in [1.165, 1.54) is 7.11 Å². The quantitative estimate of drug-likeness (QED) is 0.406. The van der Waals surface area contributed by atoms with E-state index in [1.807, 2.05) is 19.9 Å². The molecule has 0 aromatic carbocycles. The Hall–Kier alpha value is -1.12. The number of aldehydes is 1. The first-order valence-electron chi connectivity index (χ1n) is 6.24. The number of hydrogen-bond acceptors (Lipinski definition) is 3. The van der Waals surface area contributed by atoms with Crippen LogP contribution in [0.4, 0.5) is 0 Å². The van der Waals surface area contributed by atoms with Crippen molar-refractivity contribution in [2.45, 2.75) is 40.0 Å². The zero-order chi connectivity index (χ0) is 13.1. The van der Waals surface area contributed by atoms with Gasteiger partial charge in [0.2, 0.25) is 0 Å². The van der Waals surface area contributed by atoms with Crippen LogP contribution in [-0.2, 0) is 14.3 Å². The smallest absolute Gasteiger partial charge is 0.313 e. The van der Waals surface area contributed by atoms with Gasteiger partial charge in [-0.25, -0.2) is 0 Å². The van der Waals surface area contributed by atoms with Crippen molar-refractivity contribution in [3.63, 3.8) is 0 Å². The Labute approximate surface area is 103 Å². The fourth-order valence-corrected chi connectivity index (χ4v) is 2.29. The van der Waals surface area contributed by atoms with Crippen LogP contribution in [0.2, 0.25) is 0 Å². The van der Waals surface area contributed by atoms with Gasteiger partial charge in [0, 0.05) is 11.3 Å². The first-order chi connectivity index (χ1) is 7.98. The number of rotatable bonds is 6. The highest BCUT2D eigenvalue weighted by atomic mass is 16.5. The molecule has 0 N–H and O–H groups in total. The molecule has 96 valence electrons. The maximum Gasteiger partial charge on any atom is 0.313 e. The molecule has 1 aliphatic rings. The Kier molecular flexibility index (Phi) is 4.49. The molecule has 1 saturated carbocycles. The average molecular weight is 238 g/mol. The third kappa shape index (κ3) is 2.96. The maximum absolute atomic E-state index is 11.5. The molecule has 0 radical (unpaired) electrons. The summed E-state index contributed by atoms with van der Waals surface area (Å²) in [5, 5.41) is 0. The van der Waals surface area contributed by atoms with E-state index in [2.05, 4.69) is 6.92 Å². The SMILES string of the molecule is CCCCC(C=O)C=C1C(C(=O)OC)C1(C)C. The van der Waals surface area contributed by atoms with Crippen molar-refractivity contribution in [1.82, 2.24) is 0 Å². The topological polar surface area (TPSA) is 43.4 Å². The lowest BCUT2D eigenvalue weighted by Gasteiger charge is -2.02.